The molecule has 0 aliphatic carbocycles. The molecule has 12 heteroatoms. The van der Waals surface area contributed by atoms with Crippen molar-refractivity contribution in [2.75, 3.05) is 18.5 Å². The number of hydrogen-bond donors (Lipinski definition) is 1. The largest absolute Gasteiger partial charge is 0.450 e. The monoisotopic (exact) mass is 417 g/mol. The zero-order chi connectivity index (χ0) is 21.8. The van der Waals surface area contributed by atoms with Crippen molar-refractivity contribution in [3.05, 3.63) is 66.2 Å². The van der Waals surface area contributed by atoms with Gasteiger partial charge in [-0.15, -0.1) is 0 Å². The summed E-state index contributed by atoms with van der Waals surface area (Å²) in [6.07, 6.45) is 2.92. The third-order valence-corrected chi connectivity index (χ3v) is 4.70. The van der Waals surface area contributed by atoms with Gasteiger partial charge in [-0.25, -0.2) is 5.01 Å². The van der Waals surface area contributed by atoms with Crippen LogP contribution in [0, 0.1) is 37.3 Å². The highest BCUT2D eigenvalue weighted by Gasteiger charge is 2.27. The minimum atomic E-state index is -0.773. The van der Waals surface area contributed by atoms with Crippen LogP contribution in [0.15, 0.2) is 30.3 Å². The topological polar surface area (TPSA) is 154 Å². The first-order valence-corrected chi connectivity index (χ1v) is 9.17. The van der Waals surface area contributed by atoms with Gasteiger partial charge in [0.2, 0.25) is 5.75 Å². The lowest BCUT2D eigenvalue weighted by atomic mass is 10.1. The number of nitrogens with zero attached hydrogens (tertiary/aromatic N) is 4. The number of hydrazine groups is 1. The number of nitrogens with one attached hydrogen (secondary N) is 1. The van der Waals surface area contributed by atoms with Gasteiger partial charge in [0, 0.05) is 30.8 Å². The summed E-state index contributed by atoms with van der Waals surface area (Å²) in [4.78, 5) is 31.9. The number of aryl methyl sites for hydroxylation is 1. The van der Waals surface area contributed by atoms with Gasteiger partial charge in [0.1, 0.15) is 17.5 Å². The molecule has 12 nitrogen and oxygen atoms in total. The summed E-state index contributed by atoms with van der Waals surface area (Å²) < 4.78 is 5.61. The number of ether oxygens (including phenoxy) is 1. The molecule has 2 aromatic carbocycles. The van der Waals surface area contributed by atoms with E-state index in [1.54, 1.807) is 0 Å². The lowest BCUT2D eigenvalue weighted by Crippen LogP contribution is -2.35. The van der Waals surface area contributed by atoms with E-state index in [2.05, 4.69) is 5.43 Å². The fourth-order valence-electron chi connectivity index (χ4n) is 3.22. The molecule has 0 amide bonds. The molecule has 0 bridgehead atoms. The zero-order valence-electron chi connectivity index (χ0n) is 16.1. The Morgan fingerprint density at radius 1 is 0.867 bits per heavy atom. The predicted octanol–water partition coefficient (Wildman–Crippen LogP) is 4.32. The standard InChI is InChI=1S/C18H19N5O7/c1-12-9-13(5-6-15(12)21(24)25)30-18-10-14(19-20-7-3-2-4-8-20)16(22(26)27)11-17(18)23(28)29/h5-6,9-11,19H,2-4,7-8H2,1H3. The normalized spacial score (nSPS) is 14.2. The van der Waals surface area contributed by atoms with Crippen LogP contribution in [0.2, 0.25) is 0 Å². The average molecular weight is 417 g/mol. The summed E-state index contributed by atoms with van der Waals surface area (Å²) in [5.41, 5.74) is 2.20. The van der Waals surface area contributed by atoms with Gasteiger partial charge in [-0.3, -0.25) is 30.3 Å². The molecular formula is C18H19N5O7. The number of benzene rings is 2. The molecule has 0 aromatic heterocycles. The van der Waals surface area contributed by atoms with Crippen molar-refractivity contribution >= 4 is 22.7 Å². The summed E-state index contributed by atoms with van der Waals surface area (Å²) in [5.74, 6) is -0.0719. The molecule has 1 fully saturated rings. The highest BCUT2D eigenvalue weighted by atomic mass is 16.6. The number of nitro benzene ring substituents is 3. The van der Waals surface area contributed by atoms with E-state index in [-0.39, 0.29) is 22.9 Å². The van der Waals surface area contributed by atoms with Gasteiger partial charge in [-0.05, 0) is 31.9 Å². The first-order chi connectivity index (χ1) is 14.3. The second-order valence-corrected chi connectivity index (χ2v) is 6.82. The molecule has 0 spiro atoms. The highest BCUT2D eigenvalue weighted by molar-refractivity contribution is 5.70. The molecule has 1 heterocycles. The van der Waals surface area contributed by atoms with Crippen molar-refractivity contribution in [3.8, 4) is 11.5 Å². The van der Waals surface area contributed by atoms with E-state index in [1.807, 2.05) is 5.01 Å². The third kappa shape index (κ3) is 4.60. The first kappa shape index (κ1) is 20.9. The van der Waals surface area contributed by atoms with Gasteiger partial charge in [-0.1, -0.05) is 6.42 Å². The summed E-state index contributed by atoms with van der Waals surface area (Å²) in [7, 11) is 0. The molecule has 2 aromatic rings. The Morgan fingerprint density at radius 2 is 1.50 bits per heavy atom. The molecular weight excluding hydrogens is 398 g/mol. The Hall–Kier alpha value is -3.80. The fourth-order valence-corrected chi connectivity index (χ4v) is 3.22. The van der Waals surface area contributed by atoms with Crippen LogP contribution >= 0.6 is 0 Å². The van der Waals surface area contributed by atoms with E-state index in [4.69, 9.17) is 4.74 Å². The van der Waals surface area contributed by atoms with Crippen molar-refractivity contribution in [1.82, 2.24) is 5.01 Å². The van der Waals surface area contributed by atoms with Crippen LogP contribution in [0.25, 0.3) is 0 Å². The van der Waals surface area contributed by atoms with Crippen LogP contribution < -0.4 is 10.2 Å². The SMILES string of the molecule is Cc1cc(Oc2cc(NN3CCCCC3)c([N+](=O)[O-])cc2[N+](=O)[O-])ccc1[N+](=O)[O-]. The zero-order valence-corrected chi connectivity index (χ0v) is 16.1. The lowest BCUT2D eigenvalue weighted by molar-refractivity contribution is -0.394. The molecule has 1 aliphatic rings. The van der Waals surface area contributed by atoms with Gasteiger partial charge in [0.15, 0.2) is 0 Å². The maximum atomic E-state index is 11.5. The Bertz CT molecular complexity index is 1000. The van der Waals surface area contributed by atoms with Gasteiger partial charge in [0.25, 0.3) is 5.69 Å². The molecule has 158 valence electrons. The molecule has 1 aliphatic heterocycles. The Labute approximate surface area is 170 Å². The molecule has 3 rings (SSSR count). The van der Waals surface area contributed by atoms with Gasteiger partial charge >= 0.3 is 11.4 Å². The Morgan fingerprint density at radius 3 is 2.07 bits per heavy atom. The minimum absolute atomic E-state index is 0.0705. The average Bonchev–Trinajstić information content (AvgIpc) is 2.68. The summed E-state index contributed by atoms with van der Waals surface area (Å²) in [6, 6.07) is 5.98. The second kappa shape index (κ2) is 8.69. The van der Waals surface area contributed by atoms with Crippen molar-refractivity contribution in [2.45, 2.75) is 26.2 Å². The molecule has 30 heavy (non-hydrogen) atoms. The van der Waals surface area contributed by atoms with Crippen molar-refractivity contribution in [1.29, 1.82) is 0 Å². The maximum Gasteiger partial charge on any atom is 0.318 e. The first-order valence-electron chi connectivity index (χ1n) is 9.17. The number of hydrogen-bond acceptors (Lipinski definition) is 9. The molecule has 1 saturated heterocycles. The van der Waals surface area contributed by atoms with E-state index in [0.29, 0.717) is 18.7 Å². The van der Waals surface area contributed by atoms with Crippen LogP contribution in [0.3, 0.4) is 0 Å². The molecule has 0 saturated carbocycles. The maximum absolute atomic E-state index is 11.5. The van der Waals surface area contributed by atoms with E-state index >= 15 is 0 Å². The summed E-state index contributed by atoms with van der Waals surface area (Å²) >= 11 is 0. The molecule has 0 unspecified atom stereocenters. The number of piperidine rings is 1. The minimum Gasteiger partial charge on any atom is -0.450 e. The number of rotatable bonds is 7. The van der Waals surface area contributed by atoms with Crippen LogP contribution in [0.1, 0.15) is 24.8 Å². The summed E-state index contributed by atoms with van der Waals surface area (Å²) in [5, 5.41) is 35.7. The third-order valence-electron chi connectivity index (χ3n) is 4.70. The van der Waals surface area contributed by atoms with Gasteiger partial charge in [0.05, 0.1) is 14.8 Å². The van der Waals surface area contributed by atoms with Crippen molar-refractivity contribution in [2.24, 2.45) is 0 Å². The molecule has 0 atom stereocenters. The fraction of sp³-hybridized carbons (Fsp3) is 0.333. The number of nitro groups is 3. The molecule has 1 N–H and O–H groups in total. The van der Waals surface area contributed by atoms with E-state index in [0.717, 1.165) is 25.3 Å². The highest BCUT2D eigenvalue weighted by Crippen LogP contribution is 2.40. The second-order valence-electron chi connectivity index (χ2n) is 6.82. The van der Waals surface area contributed by atoms with E-state index < -0.39 is 26.1 Å². The van der Waals surface area contributed by atoms with Crippen LogP contribution in [-0.2, 0) is 0 Å². The smallest absolute Gasteiger partial charge is 0.318 e. The quantitative estimate of drug-likeness (QED) is 0.512. The Balaban J connectivity index is 2.00. The predicted molar refractivity (Wildman–Crippen MR) is 107 cm³/mol. The lowest BCUT2D eigenvalue weighted by Gasteiger charge is -2.27. The van der Waals surface area contributed by atoms with Crippen molar-refractivity contribution in [3.63, 3.8) is 0 Å². The summed E-state index contributed by atoms with van der Waals surface area (Å²) in [6.45, 7) is 2.89. The van der Waals surface area contributed by atoms with Crippen LogP contribution in [0.5, 0.6) is 11.5 Å². The number of anilines is 1. The Kier molecular flexibility index (Phi) is 6.06. The molecule has 0 radical (unpaired) electrons. The van der Waals surface area contributed by atoms with Gasteiger partial charge < -0.3 is 10.2 Å². The van der Waals surface area contributed by atoms with Crippen LogP contribution in [-0.4, -0.2) is 32.9 Å². The van der Waals surface area contributed by atoms with E-state index in [9.17, 15) is 30.3 Å². The van der Waals surface area contributed by atoms with Crippen LogP contribution in [0.4, 0.5) is 22.7 Å². The van der Waals surface area contributed by atoms with E-state index in [1.165, 1.54) is 31.2 Å². The van der Waals surface area contributed by atoms with Crippen molar-refractivity contribution < 1.29 is 19.5 Å². The van der Waals surface area contributed by atoms with Gasteiger partial charge in [-0.2, -0.15) is 0 Å².